The van der Waals surface area contributed by atoms with Crippen molar-refractivity contribution in [3.8, 4) is 23.3 Å². The van der Waals surface area contributed by atoms with Gasteiger partial charge < -0.3 is 24.6 Å². The highest BCUT2D eigenvalue weighted by molar-refractivity contribution is 9.10. The van der Waals surface area contributed by atoms with Crippen LogP contribution in [0.15, 0.2) is 34.9 Å². The zero-order valence-corrected chi connectivity index (χ0v) is 20.9. The lowest BCUT2D eigenvalue weighted by Gasteiger charge is -2.26. The van der Waals surface area contributed by atoms with Crippen molar-refractivity contribution in [1.29, 1.82) is 5.26 Å². The summed E-state index contributed by atoms with van der Waals surface area (Å²) in [5, 5.41) is 24.6. The molecule has 1 fully saturated rings. The summed E-state index contributed by atoms with van der Waals surface area (Å²) in [6, 6.07) is 8.83. The number of aromatic nitrogens is 1. The number of pyridine rings is 1. The molecule has 0 atom stereocenters. The average molecular weight is 548 g/mol. The molecule has 2 N–H and O–H groups in total. The molecule has 1 aliphatic heterocycles. The average Bonchev–Trinajstić information content (AvgIpc) is 2.84. The van der Waals surface area contributed by atoms with E-state index in [1.54, 1.807) is 24.3 Å². The maximum absolute atomic E-state index is 10.6. The molecule has 2 heterocycles. The van der Waals surface area contributed by atoms with Crippen LogP contribution in [0.5, 0.6) is 17.2 Å². The Balaban J connectivity index is 1.57. The van der Waals surface area contributed by atoms with Crippen molar-refractivity contribution < 1.29 is 19.3 Å². The number of anilines is 2. The number of nitriles is 1. The lowest BCUT2D eigenvalue weighted by Crippen LogP contribution is -2.37. The summed E-state index contributed by atoms with van der Waals surface area (Å²) in [5.74, 6) is 0.818. The van der Waals surface area contributed by atoms with Crippen molar-refractivity contribution in [1.82, 2.24) is 9.88 Å². The Bertz CT molecular complexity index is 1230. The normalized spacial score (nSPS) is 14.1. The largest absolute Gasteiger partial charge is 0.504 e. The summed E-state index contributed by atoms with van der Waals surface area (Å²) in [5.41, 5.74) is 2.06. The first kappa shape index (κ1) is 24.4. The van der Waals surface area contributed by atoms with Crippen LogP contribution in [0, 0.1) is 11.3 Å². The van der Waals surface area contributed by atoms with Crippen LogP contribution in [0.25, 0.3) is 10.9 Å². The Morgan fingerprint density at radius 1 is 1.26 bits per heavy atom. The van der Waals surface area contributed by atoms with Crippen LogP contribution in [0.1, 0.15) is 12.0 Å². The molecule has 1 aliphatic rings. The van der Waals surface area contributed by atoms with Gasteiger partial charge in [0.1, 0.15) is 11.8 Å². The van der Waals surface area contributed by atoms with E-state index < -0.39 is 0 Å². The molecular weight excluding hydrogens is 524 g/mol. The fourth-order valence-corrected chi connectivity index (χ4v) is 4.57. The molecule has 0 amide bonds. The van der Waals surface area contributed by atoms with Gasteiger partial charge in [0, 0.05) is 47.8 Å². The van der Waals surface area contributed by atoms with E-state index in [4.69, 9.17) is 25.8 Å². The number of nitrogens with one attached hydrogen (secondary N) is 1. The van der Waals surface area contributed by atoms with Gasteiger partial charge in [-0.15, -0.1) is 0 Å². The zero-order chi connectivity index (χ0) is 24.1. The van der Waals surface area contributed by atoms with Crippen LogP contribution in [0.3, 0.4) is 0 Å². The van der Waals surface area contributed by atoms with Crippen molar-refractivity contribution in [2.75, 3.05) is 51.9 Å². The number of morpholine rings is 1. The highest BCUT2D eigenvalue weighted by Gasteiger charge is 2.16. The van der Waals surface area contributed by atoms with Gasteiger partial charge in [-0.05, 0) is 34.5 Å². The van der Waals surface area contributed by atoms with Gasteiger partial charge in [-0.2, -0.15) is 5.26 Å². The molecule has 0 spiro atoms. The Kier molecular flexibility index (Phi) is 7.95. The Hall–Kier alpha value is -2.77. The SMILES string of the molecule is COc1cc(Nc2c(C#N)cnc3cc(OCCCN4CCOCC4)c(O)cc23)c(Br)cc1Cl. The summed E-state index contributed by atoms with van der Waals surface area (Å²) in [4.78, 5) is 6.73. The van der Waals surface area contributed by atoms with Gasteiger partial charge in [0.2, 0.25) is 0 Å². The topological polar surface area (TPSA) is 99.9 Å². The maximum Gasteiger partial charge on any atom is 0.163 e. The lowest BCUT2D eigenvalue weighted by atomic mass is 10.1. The van der Waals surface area contributed by atoms with Gasteiger partial charge in [-0.25, -0.2) is 0 Å². The Morgan fingerprint density at radius 3 is 2.79 bits per heavy atom. The number of methoxy groups -OCH3 is 1. The van der Waals surface area contributed by atoms with Crippen LogP contribution in [-0.2, 0) is 4.74 Å². The lowest BCUT2D eigenvalue weighted by molar-refractivity contribution is 0.0357. The van der Waals surface area contributed by atoms with Gasteiger partial charge in [-0.1, -0.05) is 11.6 Å². The molecule has 0 bridgehead atoms. The van der Waals surface area contributed by atoms with Gasteiger partial charge in [-0.3, -0.25) is 9.88 Å². The molecule has 0 unspecified atom stereocenters. The number of benzene rings is 2. The summed E-state index contributed by atoms with van der Waals surface area (Å²) in [6.45, 7) is 4.76. The number of ether oxygens (including phenoxy) is 3. The third-order valence-electron chi connectivity index (χ3n) is 5.55. The molecule has 1 aromatic heterocycles. The second-order valence-corrected chi connectivity index (χ2v) is 9.00. The minimum Gasteiger partial charge on any atom is -0.504 e. The number of hydrogen-bond donors (Lipinski definition) is 2. The monoisotopic (exact) mass is 546 g/mol. The molecular formula is C24H24BrClN4O4. The zero-order valence-electron chi connectivity index (χ0n) is 18.6. The van der Waals surface area contributed by atoms with Gasteiger partial charge >= 0.3 is 0 Å². The number of rotatable bonds is 8. The first-order chi connectivity index (χ1) is 16.5. The minimum absolute atomic E-state index is 0.0217. The highest BCUT2D eigenvalue weighted by Crippen LogP contribution is 2.40. The summed E-state index contributed by atoms with van der Waals surface area (Å²) in [7, 11) is 1.53. The quantitative estimate of drug-likeness (QED) is 0.377. The number of phenols is 1. The van der Waals surface area contributed by atoms with E-state index in [1.165, 1.54) is 13.3 Å². The van der Waals surface area contributed by atoms with E-state index in [0.29, 0.717) is 55.4 Å². The fraction of sp³-hybridized carbons (Fsp3) is 0.333. The van der Waals surface area contributed by atoms with Crippen molar-refractivity contribution in [2.24, 2.45) is 0 Å². The number of aromatic hydroxyl groups is 1. The third kappa shape index (κ3) is 5.47. The molecule has 34 heavy (non-hydrogen) atoms. The number of halogens is 2. The van der Waals surface area contributed by atoms with Crippen molar-refractivity contribution >= 4 is 49.8 Å². The molecule has 178 valence electrons. The predicted molar refractivity (Wildman–Crippen MR) is 134 cm³/mol. The van der Waals surface area contributed by atoms with Gasteiger partial charge in [0.05, 0.1) is 54.4 Å². The molecule has 3 aromatic rings. The van der Waals surface area contributed by atoms with Crippen LogP contribution in [0.2, 0.25) is 5.02 Å². The highest BCUT2D eigenvalue weighted by atomic mass is 79.9. The van der Waals surface area contributed by atoms with Crippen LogP contribution in [-0.4, -0.2) is 61.6 Å². The molecule has 0 radical (unpaired) electrons. The van der Waals surface area contributed by atoms with Crippen molar-refractivity contribution in [3.05, 3.63) is 45.5 Å². The van der Waals surface area contributed by atoms with E-state index in [-0.39, 0.29) is 5.75 Å². The summed E-state index contributed by atoms with van der Waals surface area (Å²) < 4.78 is 17.2. The number of hydrogen-bond acceptors (Lipinski definition) is 8. The van der Waals surface area contributed by atoms with E-state index in [2.05, 4.69) is 37.2 Å². The first-order valence-corrected chi connectivity index (χ1v) is 12.0. The van der Waals surface area contributed by atoms with E-state index in [9.17, 15) is 10.4 Å². The molecule has 4 rings (SSSR count). The van der Waals surface area contributed by atoms with Crippen LogP contribution >= 0.6 is 27.5 Å². The van der Waals surface area contributed by atoms with Crippen LogP contribution in [0.4, 0.5) is 11.4 Å². The number of phenolic OH excluding ortho intramolecular Hbond substituents is 1. The maximum atomic E-state index is 10.6. The Labute approximate surface area is 211 Å². The third-order valence-corrected chi connectivity index (χ3v) is 6.50. The molecule has 0 aliphatic carbocycles. The number of nitrogens with zero attached hydrogens (tertiary/aromatic N) is 3. The first-order valence-electron chi connectivity index (χ1n) is 10.8. The van der Waals surface area contributed by atoms with Crippen molar-refractivity contribution in [3.63, 3.8) is 0 Å². The summed E-state index contributed by atoms with van der Waals surface area (Å²) in [6.07, 6.45) is 2.32. The summed E-state index contributed by atoms with van der Waals surface area (Å²) >= 11 is 9.68. The second-order valence-electron chi connectivity index (χ2n) is 7.74. The standard InChI is InChI=1S/C24H24BrClN4O4/c1-32-22-12-20(17(25)10-18(22)26)29-24-15(13-27)14-28-19-11-23(21(31)9-16(19)24)34-6-2-3-30-4-7-33-8-5-30/h9-12,14,31H,2-8H2,1H3,(H,28,29). The van der Waals surface area contributed by atoms with E-state index in [0.717, 1.165) is 39.3 Å². The fourth-order valence-electron chi connectivity index (χ4n) is 3.75. The molecule has 2 aromatic carbocycles. The molecule has 0 saturated carbocycles. The van der Waals surface area contributed by atoms with E-state index >= 15 is 0 Å². The van der Waals surface area contributed by atoms with E-state index in [1.807, 2.05) is 0 Å². The van der Waals surface area contributed by atoms with Crippen molar-refractivity contribution in [2.45, 2.75) is 6.42 Å². The molecule has 1 saturated heterocycles. The smallest absolute Gasteiger partial charge is 0.163 e. The van der Waals surface area contributed by atoms with Gasteiger partial charge in [0.15, 0.2) is 11.5 Å². The molecule has 10 heteroatoms. The minimum atomic E-state index is -0.0217. The molecule has 8 nitrogen and oxygen atoms in total. The Morgan fingerprint density at radius 2 is 2.06 bits per heavy atom. The number of fused-ring (bicyclic) bond motifs is 1. The predicted octanol–water partition coefficient (Wildman–Crippen LogP) is 5.08. The second kappa shape index (κ2) is 11.1. The van der Waals surface area contributed by atoms with Gasteiger partial charge in [0.25, 0.3) is 0 Å². The van der Waals surface area contributed by atoms with Crippen LogP contribution < -0.4 is 14.8 Å².